The molecule has 5 heteroatoms. The van der Waals surface area contributed by atoms with Crippen LogP contribution in [0.5, 0.6) is 0 Å². The quantitative estimate of drug-likeness (QED) is 0.895. The Labute approximate surface area is 107 Å². The molecule has 0 aliphatic carbocycles. The van der Waals surface area contributed by atoms with Gasteiger partial charge >= 0.3 is 0 Å². The average molecular weight is 294 g/mol. The van der Waals surface area contributed by atoms with Crippen LogP contribution >= 0.6 is 15.9 Å². The normalized spacial score (nSPS) is 10.3. The Balaban J connectivity index is 2.35. The summed E-state index contributed by atoms with van der Waals surface area (Å²) in [6, 6.07) is 6.00. The number of aromatic nitrogens is 2. The first-order valence-electron chi connectivity index (χ1n) is 5.15. The zero-order chi connectivity index (χ0) is 12.4. The van der Waals surface area contributed by atoms with Gasteiger partial charge in [0, 0.05) is 5.69 Å². The highest BCUT2D eigenvalue weighted by Crippen LogP contribution is 2.21. The number of nitrogens with one attached hydrogen (secondary N) is 2. The lowest BCUT2D eigenvalue weighted by molar-refractivity contribution is 1.10. The largest absolute Gasteiger partial charge is 0.339 e. The SMILES string of the molecule is Cc1ccc(Nc2nc[nH]c(=O)c2Br)cc1C. The number of benzene rings is 1. The van der Waals surface area contributed by atoms with Crippen LogP contribution in [0.3, 0.4) is 0 Å². The van der Waals surface area contributed by atoms with Crippen molar-refractivity contribution in [2.45, 2.75) is 13.8 Å². The molecule has 2 rings (SSSR count). The summed E-state index contributed by atoms with van der Waals surface area (Å²) in [5.41, 5.74) is 3.13. The second-order valence-corrected chi connectivity index (χ2v) is 4.61. The third kappa shape index (κ3) is 2.55. The second-order valence-electron chi connectivity index (χ2n) is 3.82. The monoisotopic (exact) mass is 293 g/mol. The summed E-state index contributed by atoms with van der Waals surface area (Å²) in [7, 11) is 0. The number of aryl methyl sites for hydroxylation is 2. The van der Waals surface area contributed by atoms with E-state index in [1.807, 2.05) is 25.1 Å². The van der Waals surface area contributed by atoms with Crippen LogP contribution in [0.15, 0.2) is 33.8 Å². The summed E-state index contributed by atoms with van der Waals surface area (Å²) in [6.45, 7) is 4.10. The van der Waals surface area contributed by atoms with E-state index in [2.05, 4.69) is 38.1 Å². The molecule has 0 saturated heterocycles. The van der Waals surface area contributed by atoms with E-state index in [9.17, 15) is 4.79 Å². The minimum Gasteiger partial charge on any atom is -0.339 e. The molecule has 0 aliphatic heterocycles. The maximum Gasteiger partial charge on any atom is 0.267 e. The molecule has 17 heavy (non-hydrogen) atoms. The lowest BCUT2D eigenvalue weighted by Gasteiger charge is -2.08. The smallest absolute Gasteiger partial charge is 0.267 e. The Morgan fingerprint density at radius 2 is 2.06 bits per heavy atom. The van der Waals surface area contributed by atoms with Crippen LogP contribution in [0.25, 0.3) is 0 Å². The van der Waals surface area contributed by atoms with E-state index >= 15 is 0 Å². The molecule has 0 amide bonds. The van der Waals surface area contributed by atoms with E-state index in [4.69, 9.17) is 0 Å². The molecule has 1 aromatic carbocycles. The van der Waals surface area contributed by atoms with E-state index in [1.54, 1.807) is 0 Å². The topological polar surface area (TPSA) is 57.8 Å². The highest BCUT2D eigenvalue weighted by atomic mass is 79.9. The van der Waals surface area contributed by atoms with Crippen molar-refractivity contribution < 1.29 is 0 Å². The maximum atomic E-state index is 11.4. The molecule has 0 spiro atoms. The lowest BCUT2D eigenvalue weighted by Crippen LogP contribution is -2.10. The van der Waals surface area contributed by atoms with Gasteiger partial charge in [0.2, 0.25) is 0 Å². The van der Waals surface area contributed by atoms with Crippen LogP contribution in [0.1, 0.15) is 11.1 Å². The van der Waals surface area contributed by atoms with Gasteiger partial charge in [-0.3, -0.25) is 4.79 Å². The van der Waals surface area contributed by atoms with Gasteiger partial charge in [-0.15, -0.1) is 0 Å². The molecule has 1 heterocycles. The number of rotatable bonds is 2. The number of halogens is 1. The molecule has 1 aromatic heterocycles. The van der Waals surface area contributed by atoms with Crippen LogP contribution in [0, 0.1) is 13.8 Å². The Morgan fingerprint density at radius 1 is 1.29 bits per heavy atom. The summed E-state index contributed by atoms with van der Waals surface area (Å²) in [6.07, 6.45) is 1.37. The summed E-state index contributed by atoms with van der Waals surface area (Å²) in [4.78, 5) is 17.9. The Bertz CT molecular complexity index is 607. The fourth-order valence-corrected chi connectivity index (χ4v) is 1.74. The highest BCUT2D eigenvalue weighted by molar-refractivity contribution is 9.10. The number of hydrogen-bond donors (Lipinski definition) is 2. The molecule has 2 N–H and O–H groups in total. The van der Waals surface area contributed by atoms with Crippen molar-refractivity contribution in [3.05, 3.63) is 50.5 Å². The fraction of sp³-hybridized carbons (Fsp3) is 0.167. The molecule has 0 unspecified atom stereocenters. The molecular formula is C12H12BrN3O. The minimum atomic E-state index is -0.202. The van der Waals surface area contributed by atoms with Gasteiger partial charge in [0.25, 0.3) is 5.56 Å². The van der Waals surface area contributed by atoms with Crippen molar-refractivity contribution in [1.82, 2.24) is 9.97 Å². The molecule has 0 aliphatic rings. The average Bonchev–Trinajstić information content (AvgIpc) is 2.30. The van der Waals surface area contributed by atoms with Crippen LogP contribution < -0.4 is 10.9 Å². The standard InChI is InChI=1S/C12H12BrN3O/c1-7-3-4-9(5-8(7)2)16-11-10(13)12(17)15-6-14-11/h3-6H,1-2H3,(H2,14,15,16,17). The Kier molecular flexibility index (Phi) is 3.28. The first kappa shape index (κ1) is 11.9. The molecular weight excluding hydrogens is 282 g/mol. The van der Waals surface area contributed by atoms with Gasteiger partial charge in [0.15, 0.2) is 5.82 Å². The van der Waals surface area contributed by atoms with E-state index in [1.165, 1.54) is 17.5 Å². The molecule has 0 radical (unpaired) electrons. The predicted molar refractivity (Wildman–Crippen MR) is 71.8 cm³/mol. The highest BCUT2D eigenvalue weighted by Gasteiger charge is 2.05. The van der Waals surface area contributed by atoms with Crippen molar-refractivity contribution in [3.63, 3.8) is 0 Å². The van der Waals surface area contributed by atoms with Gasteiger partial charge in [-0.25, -0.2) is 4.98 Å². The van der Waals surface area contributed by atoms with Gasteiger partial charge < -0.3 is 10.3 Å². The van der Waals surface area contributed by atoms with E-state index in [0.717, 1.165) is 5.69 Å². The van der Waals surface area contributed by atoms with E-state index in [-0.39, 0.29) is 5.56 Å². The second kappa shape index (κ2) is 4.71. The first-order chi connectivity index (χ1) is 8.08. The van der Waals surface area contributed by atoms with Crippen molar-refractivity contribution in [2.24, 2.45) is 0 Å². The molecule has 0 saturated carbocycles. The lowest BCUT2D eigenvalue weighted by atomic mass is 10.1. The van der Waals surface area contributed by atoms with Crippen LogP contribution in [-0.4, -0.2) is 9.97 Å². The summed E-state index contributed by atoms with van der Waals surface area (Å²) >= 11 is 3.20. The van der Waals surface area contributed by atoms with Gasteiger partial charge in [-0.2, -0.15) is 0 Å². The number of hydrogen-bond acceptors (Lipinski definition) is 3. The van der Waals surface area contributed by atoms with Crippen molar-refractivity contribution in [2.75, 3.05) is 5.32 Å². The minimum absolute atomic E-state index is 0.202. The fourth-order valence-electron chi connectivity index (χ4n) is 1.43. The molecule has 0 bridgehead atoms. The van der Waals surface area contributed by atoms with Crippen molar-refractivity contribution in [1.29, 1.82) is 0 Å². The van der Waals surface area contributed by atoms with Gasteiger partial charge in [0.05, 0.1) is 6.33 Å². The zero-order valence-electron chi connectivity index (χ0n) is 9.54. The molecule has 4 nitrogen and oxygen atoms in total. The Morgan fingerprint density at radius 3 is 2.76 bits per heavy atom. The van der Waals surface area contributed by atoms with Crippen LogP contribution in [-0.2, 0) is 0 Å². The van der Waals surface area contributed by atoms with Crippen molar-refractivity contribution in [3.8, 4) is 0 Å². The summed E-state index contributed by atoms with van der Waals surface area (Å²) < 4.78 is 0.401. The van der Waals surface area contributed by atoms with Gasteiger partial charge in [0.1, 0.15) is 4.47 Å². The molecule has 88 valence electrons. The maximum absolute atomic E-state index is 11.4. The molecule has 0 atom stereocenters. The van der Waals surface area contributed by atoms with Crippen molar-refractivity contribution >= 4 is 27.4 Å². The van der Waals surface area contributed by atoms with Gasteiger partial charge in [-0.05, 0) is 53.0 Å². The number of aromatic amines is 1. The van der Waals surface area contributed by atoms with E-state index < -0.39 is 0 Å². The summed E-state index contributed by atoms with van der Waals surface area (Å²) in [5, 5.41) is 3.10. The van der Waals surface area contributed by atoms with Gasteiger partial charge in [-0.1, -0.05) is 6.07 Å². The molecule has 0 fully saturated rings. The Hall–Kier alpha value is -1.62. The third-order valence-corrected chi connectivity index (χ3v) is 3.30. The molecule has 2 aromatic rings. The summed E-state index contributed by atoms with van der Waals surface area (Å²) in [5.74, 6) is 0.511. The first-order valence-corrected chi connectivity index (χ1v) is 5.94. The number of H-pyrrole nitrogens is 1. The zero-order valence-corrected chi connectivity index (χ0v) is 11.1. The number of nitrogens with zero attached hydrogens (tertiary/aromatic N) is 1. The van der Waals surface area contributed by atoms with E-state index in [0.29, 0.717) is 10.3 Å². The van der Waals surface area contributed by atoms with Crippen LogP contribution in [0.4, 0.5) is 11.5 Å². The predicted octanol–water partition coefficient (Wildman–Crippen LogP) is 2.89. The van der Waals surface area contributed by atoms with Crippen LogP contribution in [0.2, 0.25) is 0 Å². The number of anilines is 2. The third-order valence-electron chi connectivity index (χ3n) is 2.57.